The van der Waals surface area contributed by atoms with Crippen LogP contribution in [0, 0.1) is 11.7 Å². The van der Waals surface area contributed by atoms with Crippen LogP contribution in [-0.4, -0.2) is 30.9 Å². The number of primary amides is 1. The van der Waals surface area contributed by atoms with Crippen LogP contribution in [-0.2, 0) is 0 Å². The van der Waals surface area contributed by atoms with Gasteiger partial charge in [0.25, 0.3) is 5.91 Å². The monoisotopic (exact) mass is 274 g/mol. The summed E-state index contributed by atoms with van der Waals surface area (Å²) < 4.78 is 2.06. The number of amides is 1. The first kappa shape index (κ1) is 11.6. The molecule has 0 aliphatic rings. The lowest BCUT2D eigenvalue weighted by atomic mass is 10.2. The van der Waals surface area contributed by atoms with Crippen molar-refractivity contribution in [3.05, 3.63) is 34.2 Å². The lowest BCUT2D eigenvalue weighted by molar-refractivity contribution is 0.0995. The van der Waals surface area contributed by atoms with Crippen molar-refractivity contribution in [2.24, 2.45) is 5.73 Å². The van der Waals surface area contributed by atoms with E-state index in [4.69, 9.17) is 18.0 Å². The molecule has 2 aromatic heterocycles. The van der Waals surface area contributed by atoms with E-state index in [2.05, 4.69) is 20.4 Å². The molecule has 3 aromatic rings. The fraction of sp³-hybridized carbons (Fsp3) is 0.0909. The molecule has 0 saturated carbocycles. The van der Waals surface area contributed by atoms with E-state index >= 15 is 0 Å². The lowest BCUT2D eigenvalue weighted by Gasteiger charge is -2.01. The maximum absolute atomic E-state index is 11.3. The van der Waals surface area contributed by atoms with Crippen molar-refractivity contribution >= 4 is 29.2 Å². The van der Waals surface area contributed by atoms with Crippen molar-refractivity contribution in [3.63, 3.8) is 0 Å². The van der Waals surface area contributed by atoms with Crippen LogP contribution >= 0.6 is 12.2 Å². The van der Waals surface area contributed by atoms with Gasteiger partial charge < -0.3 is 10.7 Å². The van der Waals surface area contributed by atoms with Crippen molar-refractivity contribution < 1.29 is 4.79 Å². The first-order valence-electron chi connectivity index (χ1n) is 5.50. The number of aryl methyl sites for hydroxylation is 1. The largest absolute Gasteiger partial charge is 0.364 e. The number of carbonyl (C=O) groups is 1. The Kier molecular flexibility index (Phi) is 2.46. The highest BCUT2D eigenvalue weighted by atomic mass is 32.1. The number of hydrogen-bond acceptors (Lipinski definition) is 4. The average molecular weight is 274 g/mol. The molecule has 3 rings (SSSR count). The molecule has 19 heavy (non-hydrogen) atoms. The molecule has 0 saturated heterocycles. The quantitative estimate of drug-likeness (QED) is 0.611. The van der Waals surface area contributed by atoms with E-state index in [0.717, 1.165) is 16.6 Å². The van der Waals surface area contributed by atoms with Gasteiger partial charge in [0.15, 0.2) is 16.3 Å². The predicted molar refractivity (Wildman–Crippen MR) is 71.7 cm³/mol. The Morgan fingerprint density at radius 3 is 2.95 bits per heavy atom. The number of nitrogens with zero attached hydrogens (tertiary/aromatic N) is 3. The van der Waals surface area contributed by atoms with Gasteiger partial charge in [-0.05, 0) is 36.8 Å². The van der Waals surface area contributed by atoms with Gasteiger partial charge in [-0.1, -0.05) is 6.07 Å². The van der Waals surface area contributed by atoms with Crippen LogP contribution in [0.3, 0.4) is 0 Å². The van der Waals surface area contributed by atoms with Crippen LogP contribution in [0.2, 0.25) is 0 Å². The molecule has 7 nitrogen and oxygen atoms in total. The van der Waals surface area contributed by atoms with Gasteiger partial charge in [-0.15, -0.1) is 10.2 Å². The van der Waals surface area contributed by atoms with Gasteiger partial charge in [0, 0.05) is 0 Å². The Hall–Kier alpha value is -2.48. The predicted octanol–water partition coefficient (Wildman–Crippen LogP) is 1.21. The average Bonchev–Trinajstić information content (AvgIpc) is 2.91. The van der Waals surface area contributed by atoms with Crippen LogP contribution < -0.4 is 5.73 Å². The molecule has 96 valence electrons. The third kappa shape index (κ3) is 1.73. The summed E-state index contributed by atoms with van der Waals surface area (Å²) in [7, 11) is 0. The normalized spacial score (nSPS) is 11.0. The first-order valence-corrected chi connectivity index (χ1v) is 5.91. The molecule has 8 heteroatoms. The third-order valence-electron chi connectivity index (χ3n) is 2.81. The molecule has 0 aliphatic heterocycles. The van der Waals surface area contributed by atoms with Crippen LogP contribution in [0.4, 0.5) is 0 Å². The standard InChI is InChI=1S/C11H10N6OS/c1-5-2-3-7-6(4-5)13-11(19)17(7)10-8(9(12)18)14-16-15-10/h2-4H,1H3,(H2,12,18)(H,13,19)(H,14,15,16). The van der Waals surface area contributed by atoms with Crippen LogP contribution in [0.5, 0.6) is 0 Å². The van der Waals surface area contributed by atoms with Crippen molar-refractivity contribution in [1.29, 1.82) is 0 Å². The van der Waals surface area contributed by atoms with E-state index in [1.54, 1.807) is 4.57 Å². The van der Waals surface area contributed by atoms with Crippen molar-refractivity contribution in [3.8, 4) is 5.82 Å². The molecule has 0 atom stereocenters. The summed E-state index contributed by atoms with van der Waals surface area (Å²) in [4.78, 5) is 14.4. The SMILES string of the molecule is Cc1ccc2c(c1)[nH]c(=S)n2-c1n[nH]nc1C(N)=O. The highest BCUT2D eigenvalue weighted by Gasteiger charge is 2.18. The van der Waals surface area contributed by atoms with E-state index in [1.165, 1.54) is 0 Å². The number of imidazole rings is 1. The van der Waals surface area contributed by atoms with Crippen LogP contribution in [0.15, 0.2) is 18.2 Å². The number of aromatic nitrogens is 5. The zero-order valence-corrected chi connectivity index (χ0v) is 10.8. The number of benzene rings is 1. The minimum atomic E-state index is -0.660. The van der Waals surface area contributed by atoms with E-state index in [-0.39, 0.29) is 5.69 Å². The molecule has 1 aromatic carbocycles. The highest BCUT2D eigenvalue weighted by Crippen LogP contribution is 2.20. The molecular weight excluding hydrogens is 264 g/mol. The fourth-order valence-corrected chi connectivity index (χ4v) is 2.28. The Bertz CT molecular complexity index is 842. The summed E-state index contributed by atoms with van der Waals surface area (Å²) in [5.74, 6) is -0.361. The molecule has 1 amide bonds. The number of rotatable bonds is 2. The van der Waals surface area contributed by atoms with Gasteiger partial charge in [0.2, 0.25) is 0 Å². The van der Waals surface area contributed by atoms with E-state index in [0.29, 0.717) is 10.6 Å². The number of carbonyl (C=O) groups excluding carboxylic acids is 1. The second-order valence-electron chi connectivity index (χ2n) is 4.15. The number of nitrogens with two attached hydrogens (primary N) is 1. The van der Waals surface area contributed by atoms with Gasteiger partial charge in [-0.3, -0.25) is 9.36 Å². The summed E-state index contributed by atoms with van der Waals surface area (Å²) in [5.41, 5.74) is 8.10. The van der Waals surface area contributed by atoms with Gasteiger partial charge in [0.05, 0.1) is 11.0 Å². The number of H-pyrrole nitrogens is 2. The van der Waals surface area contributed by atoms with Crippen molar-refractivity contribution in [2.75, 3.05) is 0 Å². The second-order valence-corrected chi connectivity index (χ2v) is 4.53. The third-order valence-corrected chi connectivity index (χ3v) is 3.10. The number of nitrogens with one attached hydrogen (secondary N) is 2. The van der Waals surface area contributed by atoms with E-state index < -0.39 is 5.91 Å². The van der Waals surface area contributed by atoms with E-state index in [9.17, 15) is 4.79 Å². The van der Waals surface area contributed by atoms with Crippen molar-refractivity contribution in [2.45, 2.75) is 6.92 Å². The molecular formula is C11H10N6OS. The van der Waals surface area contributed by atoms with Crippen LogP contribution in [0.1, 0.15) is 16.1 Å². The number of aromatic amines is 2. The zero-order valence-electron chi connectivity index (χ0n) is 9.97. The lowest BCUT2D eigenvalue weighted by Crippen LogP contribution is -2.14. The van der Waals surface area contributed by atoms with Gasteiger partial charge in [-0.2, -0.15) is 5.21 Å². The Balaban J connectivity index is 2.36. The molecule has 0 fully saturated rings. The molecule has 0 radical (unpaired) electrons. The topological polar surface area (TPSA) is 105 Å². The number of fused-ring (bicyclic) bond motifs is 1. The maximum atomic E-state index is 11.3. The molecule has 0 unspecified atom stereocenters. The summed E-state index contributed by atoms with van der Waals surface area (Å²) in [5, 5.41) is 10.1. The summed E-state index contributed by atoms with van der Waals surface area (Å²) in [6.07, 6.45) is 0. The van der Waals surface area contributed by atoms with E-state index in [1.807, 2.05) is 25.1 Å². The second kappa shape index (κ2) is 4.02. The van der Waals surface area contributed by atoms with Crippen LogP contribution in [0.25, 0.3) is 16.9 Å². The van der Waals surface area contributed by atoms with Gasteiger partial charge in [-0.25, -0.2) is 0 Å². The van der Waals surface area contributed by atoms with Gasteiger partial charge >= 0.3 is 0 Å². The molecule has 2 heterocycles. The minimum Gasteiger partial charge on any atom is -0.364 e. The first-order chi connectivity index (χ1) is 9.08. The summed E-state index contributed by atoms with van der Waals surface area (Å²) >= 11 is 5.26. The van der Waals surface area contributed by atoms with Crippen molar-refractivity contribution in [1.82, 2.24) is 25.0 Å². The molecule has 0 spiro atoms. The Morgan fingerprint density at radius 1 is 1.42 bits per heavy atom. The van der Waals surface area contributed by atoms with Gasteiger partial charge in [0.1, 0.15) is 0 Å². The highest BCUT2D eigenvalue weighted by molar-refractivity contribution is 7.71. The Morgan fingerprint density at radius 2 is 2.21 bits per heavy atom. The fourth-order valence-electron chi connectivity index (χ4n) is 1.98. The molecule has 0 aliphatic carbocycles. The summed E-state index contributed by atoms with van der Waals surface area (Å²) in [6.45, 7) is 1.98. The minimum absolute atomic E-state index is 0.0533. The smallest absolute Gasteiger partial charge is 0.273 e. The Labute approximate surface area is 112 Å². The number of hydrogen-bond donors (Lipinski definition) is 3. The summed E-state index contributed by atoms with van der Waals surface area (Å²) in [6, 6.07) is 5.81. The zero-order chi connectivity index (χ0) is 13.6. The maximum Gasteiger partial charge on any atom is 0.273 e. The molecule has 4 N–H and O–H groups in total. The molecule has 0 bridgehead atoms.